The molecule has 0 unspecified atom stereocenters. The molecule has 1 saturated carbocycles. The Kier molecular flexibility index (Phi) is 7.93. The Morgan fingerprint density at radius 3 is 2.46 bits per heavy atom. The second kappa shape index (κ2) is 10.7. The van der Waals surface area contributed by atoms with Crippen LogP contribution in [0.1, 0.15) is 18.9 Å². The van der Waals surface area contributed by atoms with Crippen molar-refractivity contribution >= 4 is 12.0 Å². The molecule has 6 N–H and O–H groups in total. The fourth-order valence-corrected chi connectivity index (χ4v) is 5.07. The Labute approximate surface area is 212 Å². The molecule has 204 valence electrons. The third-order valence-electron chi connectivity index (χ3n) is 7.09. The molecule has 4 rings (SSSR count). The quantitative estimate of drug-likeness (QED) is 0.185. The van der Waals surface area contributed by atoms with Gasteiger partial charge in [0.25, 0.3) is 0 Å². The lowest BCUT2D eigenvalue weighted by Gasteiger charge is -2.45. The molecule has 37 heavy (non-hydrogen) atoms. The zero-order chi connectivity index (χ0) is 27.0. The van der Waals surface area contributed by atoms with Crippen LogP contribution in [0.5, 0.6) is 5.75 Å². The molecule has 1 saturated heterocycles. The maximum absolute atomic E-state index is 12.7. The molecule has 0 spiro atoms. The molecule has 2 fully saturated rings. The first-order valence-electron chi connectivity index (χ1n) is 11.8. The number of methoxy groups -OCH3 is 1. The number of carbonyl (C=O) groups is 1. The van der Waals surface area contributed by atoms with Gasteiger partial charge in [-0.15, -0.1) is 0 Å². The van der Waals surface area contributed by atoms with Crippen LogP contribution in [-0.4, -0.2) is 105 Å². The number of rotatable bonds is 7. The summed E-state index contributed by atoms with van der Waals surface area (Å²) >= 11 is 0. The van der Waals surface area contributed by atoms with Crippen LogP contribution in [0.4, 0.5) is 0 Å². The molecule has 1 aromatic rings. The molecule has 2 aliphatic heterocycles. The van der Waals surface area contributed by atoms with Gasteiger partial charge >= 0.3 is 5.97 Å². The van der Waals surface area contributed by atoms with E-state index in [1.54, 1.807) is 31.4 Å². The van der Waals surface area contributed by atoms with Crippen LogP contribution in [0.25, 0.3) is 6.08 Å². The van der Waals surface area contributed by atoms with Crippen LogP contribution in [0.15, 0.2) is 42.7 Å². The van der Waals surface area contributed by atoms with Gasteiger partial charge in [-0.3, -0.25) is 0 Å². The van der Waals surface area contributed by atoms with Crippen LogP contribution in [0.2, 0.25) is 0 Å². The van der Waals surface area contributed by atoms with Gasteiger partial charge in [-0.25, -0.2) is 4.79 Å². The molecule has 12 nitrogen and oxygen atoms in total. The second-order valence-electron chi connectivity index (χ2n) is 9.57. The van der Waals surface area contributed by atoms with Crippen LogP contribution >= 0.6 is 0 Å². The first-order chi connectivity index (χ1) is 17.5. The number of esters is 1. The number of hydrogen-bond acceptors (Lipinski definition) is 12. The van der Waals surface area contributed by atoms with Gasteiger partial charge in [-0.05, 0) is 36.8 Å². The van der Waals surface area contributed by atoms with E-state index >= 15 is 0 Å². The minimum absolute atomic E-state index is 0.168. The van der Waals surface area contributed by atoms with E-state index < -0.39 is 72.8 Å². The van der Waals surface area contributed by atoms with Crippen molar-refractivity contribution in [1.82, 2.24) is 0 Å². The van der Waals surface area contributed by atoms with Crippen molar-refractivity contribution in [2.75, 3.05) is 13.7 Å². The number of ether oxygens (including phenoxy) is 5. The van der Waals surface area contributed by atoms with Gasteiger partial charge in [0, 0.05) is 12.5 Å². The van der Waals surface area contributed by atoms with Gasteiger partial charge in [0.2, 0.25) is 6.29 Å². The lowest BCUT2D eigenvalue weighted by atomic mass is 9.81. The summed E-state index contributed by atoms with van der Waals surface area (Å²) in [6.45, 7) is 0.836. The lowest BCUT2D eigenvalue weighted by molar-refractivity contribution is -0.351. The van der Waals surface area contributed by atoms with Crippen molar-refractivity contribution in [2.45, 2.75) is 67.6 Å². The minimum atomic E-state index is -1.92. The van der Waals surface area contributed by atoms with E-state index in [-0.39, 0.29) is 6.42 Å². The Bertz CT molecular complexity index is 1010. The molecule has 12 heteroatoms. The van der Waals surface area contributed by atoms with E-state index in [0.717, 1.165) is 6.26 Å². The summed E-state index contributed by atoms with van der Waals surface area (Å²) in [7, 11) is 1.54. The number of benzene rings is 1. The molecule has 10 atom stereocenters. The van der Waals surface area contributed by atoms with Crippen molar-refractivity contribution in [1.29, 1.82) is 0 Å². The standard InChI is InChI=1S/C25H32O12/c1-24(37-17(28)8-5-13-3-6-14(33-2)7-4-13)11-16(27)25(32)9-10-34-23(21(24)25)36-22-20(31)19(30)18(29)15(12-26)35-22/h3-10,15-16,18-23,26-27,29-32H,11-12H2,1-2H3/b8-5-/t15-,16-,18-,19+,20-,21-,22+,23+,24+,25+/m1/s1. The number of hydrogen-bond donors (Lipinski definition) is 6. The van der Waals surface area contributed by atoms with Crippen molar-refractivity contribution in [3.05, 3.63) is 48.2 Å². The van der Waals surface area contributed by atoms with Crippen molar-refractivity contribution in [3.63, 3.8) is 0 Å². The maximum Gasteiger partial charge on any atom is 0.331 e. The lowest BCUT2D eigenvalue weighted by Crippen LogP contribution is -2.62. The summed E-state index contributed by atoms with van der Waals surface area (Å²) in [5, 5.41) is 61.9. The topological polar surface area (TPSA) is 185 Å². The Morgan fingerprint density at radius 1 is 1.11 bits per heavy atom. The van der Waals surface area contributed by atoms with Crippen LogP contribution in [0.3, 0.4) is 0 Å². The number of aliphatic hydroxyl groups excluding tert-OH is 5. The van der Waals surface area contributed by atoms with E-state index in [0.29, 0.717) is 11.3 Å². The summed E-state index contributed by atoms with van der Waals surface area (Å²) in [4.78, 5) is 12.7. The first kappa shape index (κ1) is 27.5. The Hall–Kier alpha value is -2.55. The average molecular weight is 525 g/mol. The van der Waals surface area contributed by atoms with Gasteiger partial charge < -0.3 is 54.3 Å². The second-order valence-corrected chi connectivity index (χ2v) is 9.57. The number of fused-ring (bicyclic) bond motifs is 1. The van der Waals surface area contributed by atoms with Gasteiger partial charge in [0.1, 0.15) is 41.4 Å². The van der Waals surface area contributed by atoms with Crippen LogP contribution < -0.4 is 4.74 Å². The molecular weight excluding hydrogens is 492 g/mol. The van der Waals surface area contributed by atoms with Gasteiger partial charge in [-0.2, -0.15) is 0 Å². The fourth-order valence-electron chi connectivity index (χ4n) is 5.07. The third kappa shape index (κ3) is 5.24. The summed E-state index contributed by atoms with van der Waals surface area (Å²) in [6.07, 6.45) is -5.73. The van der Waals surface area contributed by atoms with Crippen molar-refractivity contribution in [2.24, 2.45) is 5.92 Å². The molecule has 0 radical (unpaired) electrons. The molecule has 0 amide bonds. The molecule has 1 aliphatic carbocycles. The van der Waals surface area contributed by atoms with E-state index in [1.165, 1.54) is 25.2 Å². The summed E-state index contributed by atoms with van der Waals surface area (Å²) in [5.41, 5.74) is -2.72. The predicted octanol–water partition coefficient (Wildman–Crippen LogP) is -1.19. The summed E-state index contributed by atoms with van der Waals surface area (Å²) in [6, 6.07) is 6.94. The minimum Gasteiger partial charge on any atom is -0.497 e. The molecule has 1 aromatic carbocycles. The highest BCUT2D eigenvalue weighted by Gasteiger charge is 2.66. The SMILES string of the molecule is COc1ccc(/C=C\C(=O)O[C@@]2(C)C[C@@H](O)[C@@]3(O)C=CO[C@@H](O[C@@H]4O[C@H](CO)[C@@H](O)[C@H](O)[C@H]4O)[C@@H]32)cc1. The zero-order valence-corrected chi connectivity index (χ0v) is 20.3. The fraction of sp³-hybridized carbons (Fsp3) is 0.560. The van der Waals surface area contributed by atoms with E-state index in [1.807, 2.05) is 0 Å². The van der Waals surface area contributed by atoms with Gasteiger partial charge in [0.05, 0.1) is 32.0 Å². The largest absolute Gasteiger partial charge is 0.497 e. The smallest absolute Gasteiger partial charge is 0.331 e. The van der Waals surface area contributed by atoms with E-state index in [4.69, 9.17) is 23.7 Å². The Morgan fingerprint density at radius 2 is 1.81 bits per heavy atom. The zero-order valence-electron chi connectivity index (χ0n) is 20.3. The predicted molar refractivity (Wildman–Crippen MR) is 124 cm³/mol. The third-order valence-corrected chi connectivity index (χ3v) is 7.09. The highest BCUT2D eigenvalue weighted by Crippen LogP contribution is 2.51. The maximum atomic E-state index is 12.7. The van der Waals surface area contributed by atoms with Crippen LogP contribution in [-0.2, 0) is 23.7 Å². The highest BCUT2D eigenvalue weighted by atomic mass is 16.8. The Balaban J connectivity index is 1.53. The molecule has 0 aromatic heterocycles. The van der Waals surface area contributed by atoms with E-state index in [2.05, 4.69) is 0 Å². The monoisotopic (exact) mass is 524 g/mol. The van der Waals surface area contributed by atoms with E-state index in [9.17, 15) is 35.4 Å². The molecular formula is C25H32O12. The average Bonchev–Trinajstić information content (AvgIpc) is 3.08. The van der Waals surface area contributed by atoms with Crippen molar-refractivity contribution < 1.29 is 59.1 Å². The first-order valence-corrected chi connectivity index (χ1v) is 11.8. The molecule has 0 bridgehead atoms. The highest BCUT2D eigenvalue weighted by molar-refractivity contribution is 5.87. The molecule has 2 heterocycles. The van der Waals surface area contributed by atoms with Crippen LogP contribution in [0, 0.1) is 5.92 Å². The summed E-state index contributed by atoms with van der Waals surface area (Å²) in [5.74, 6) is -1.29. The number of aliphatic hydroxyl groups is 6. The normalized spacial score (nSPS) is 41.3. The summed E-state index contributed by atoms with van der Waals surface area (Å²) < 4.78 is 27.4. The molecule has 3 aliphatic rings. The van der Waals surface area contributed by atoms with Gasteiger partial charge in [0.15, 0.2) is 6.29 Å². The van der Waals surface area contributed by atoms with Gasteiger partial charge in [-0.1, -0.05) is 12.1 Å². The van der Waals surface area contributed by atoms with Crippen molar-refractivity contribution in [3.8, 4) is 5.75 Å². The number of carbonyl (C=O) groups excluding carboxylic acids is 1.